The smallest absolute Gasteiger partial charge is 0.0245 e. The van der Waals surface area contributed by atoms with Crippen LogP contribution in [-0.2, 0) is 6.42 Å². The predicted octanol–water partition coefficient (Wildman–Crippen LogP) is 3.74. The fourth-order valence-electron chi connectivity index (χ4n) is 1.69. The molecule has 0 radical (unpaired) electrons. The van der Waals surface area contributed by atoms with E-state index in [0.29, 0.717) is 5.92 Å². The molecule has 0 fully saturated rings. The average Bonchev–Trinajstić information content (AvgIpc) is 2.27. The molecule has 74 valence electrons. The van der Waals surface area contributed by atoms with Gasteiger partial charge >= 0.3 is 0 Å². The van der Waals surface area contributed by atoms with E-state index in [1.165, 1.54) is 17.5 Å². The van der Waals surface area contributed by atoms with Crippen LogP contribution in [0.5, 0.6) is 0 Å². The van der Waals surface area contributed by atoms with Gasteiger partial charge in [0.2, 0.25) is 0 Å². The van der Waals surface area contributed by atoms with Crippen molar-refractivity contribution in [1.29, 1.82) is 0 Å². The van der Waals surface area contributed by atoms with Gasteiger partial charge in [-0.3, -0.25) is 0 Å². The van der Waals surface area contributed by atoms with Crippen molar-refractivity contribution in [2.75, 3.05) is 0 Å². The van der Waals surface area contributed by atoms with E-state index < -0.39 is 0 Å². The highest BCUT2D eigenvalue weighted by Crippen LogP contribution is 2.24. The molecular weight excluding hydrogens is 168 g/mol. The van der Waals surface area contributed by atoms with Crippen molar-refractivity contribution in [3.63, 3.8) is 0 Å². The first-order valence-corrected chi connectivity index (χ1v) is 5.32. The van der Waals surface area contributed by atoms with Crippen molar-refractivity contribution in [2.45, 2.75) is 39.5 Å². The number of benzene rings is 1. The molecule has 0 aliphatic heterocycles. The van der Waals surface area contributed by atoms with Gasteiger partial charge in [0.15, 0.2) is 0 Å². The van der Waals surface area contributed by atoms with Crippen LogP contribution in [0.3, 0.4) is 0 Å². The molecule has 1 aromatic carbocycles. The van der Waals surface area contributed by atoms with E-state index in [0.717, 1.165) is 12.0 Å². The second-order valence-corrected chi connectivity index (χ2v) is 3.72. The van der Waals surface area contributed by atoms with Crippen LogP contribution in [0.15, 0.2) is 18.2 Å². The molecule has 0 aliphatic rings. The van der Waals surface area contributed by atoms with Gasteiger partial charge in [-0.05, 0) is 42.0 Å². The molecule has 0 saturated carbocycles. The maximum atomic E-state index is 5.40. The Bertz CT molecular complexity index is 342. The number of terminal acetylenes is 1. The van der Waals surface area contributed by atoms with Crippen molar-refractivity contribution in [2.24, 2.45) is 0 Å². The fourth-order valence-corrected chi connectivity index (χ4v) is 1.69. The summed E-state index contributed by atoms with van der Waals surface area (Å²) >= 11 is 0. The molecule has 0 spiro atoms. The molecule has 1 rings (SSSR count). The second kappa shape index (κ2) is 4.86. The molecule has 0 aromatic heterocycles. The van der Waals surface area contributed by atoms with E-state index in [1.54, 1.807) is 0 Å². The van der Waals surface area contributed by atoms with Crippen molar-refractivity contribution in [1.82, 2.24) is 0 Å². The van der Waals surface area contributed by atoms with Crippen LogP contribution in [0.1, 0.15) is 49.8 Å². The van der Waals surface area contributed by atoms with E-state index >= 15 is 0 Å². The summed E-state index contributed by atoms with van der Waals surface area (Å²) in [5.74, 6) is 3.31. The van der Waals surface area contributed by atoms with Gasteiger partial charge in [0, 0.05) is 5.56 Å². The van der Waals surface area contributed by atoms with Crippen molar-refractivity contribution < 1.29 is 0 Å². The lowest BCUT2D eigenvalue weighted by Gasteiger charge is -2.14. The van der Waals surface area contributed by atoms with E-state index in [4.69, 9.17) is 6.42 Å². The molecule has 0 saturated heterocycles. The lowest BCUT2D eigenvalue weighted by molar-refractivity contribution is 0.723. The van der Waals surface area contributed by atoms with Gasteiger partial charge < -0.3 is 0 Å². The maximum Gasteiger partial charge on any atom is 0.0245 e. The zero-order valence-corrected chi connectivity index (χ0v) is 9.30. The molecule has 0 amide bonds. The van der Waals surface area contributed by atoms with Crippen LogP contribution in [0, 0.1) is 12.3 Å². The lowest BCUT2D eigenvalue weighted by atomic mass is 9.91. The number of hydrogen-bond acceptors (Lipinski definition) is 0. The Morgan fingerprint density at radius 3 is 2.57 bits per heavy atom. The van der Waals surface area contributed by atoms with Crippen LogP contribution < -0.4 is 0 Å². The maximum absolute atomic E-state index is 5.40. The predicted molar refractivity (Wildman–Crippen MR) is 62.5 cm³/mol. The van der Waals surface area contributed by atoms with Gasteiger partial charge in [-0.25, -0.2) is 0 Å². The lowest BCUT2D eigenvalue weighted by Crippen LogP contribution is -1.98. The van der Waals surface area contributed by atoms with Crippen LogP contribution in [0.2, 0.25) is 0 Å². The zero-order chi connectivity index (χ0) is 10.6. The van der Waals surface area contributed by atoms with Gasteiger partial charge in [0.25, 0.3) is 0 Å². The fraction of sp³-hybridized carbons (Fsp3) is 0.429. The zero-order valence-electron chi connectivity index (χ0n) is 9.30. The van der Waals surface area contributed by atoms with Gasteiger partial charge in [-0.15, -0.1) is 6.42 Å². The van der Waals surface area contributed by atoms with E-state index in [1.807, 2.05) is 6.07 Å². The number of aryl methyl sites for hydroxylation is 1. The molecule has 1 atom stereocenters. The normalized spacial score (nSPS) is 12.1. The minimum absolute atomic E-state index is 0.609. The molecule has 0 nitrogen and oxygen atoms in total. The van der Waals surface area contributed by atoms with Crippen molar-refractivity contribution in [3.05, 3.63) is 34.9 Å². The highest BCUT2D eigenvalue weighted by Gasteiger charge is 2.07. The molecule has 0 aliphatic carbocycles. The van der Waals surface area contributed by atoms with Crippen molar-refractivity contribution >= 4 is 0 Å². The molecular formula is C14H18. The third kappa shape index (κ3) is 2.17. The molecule has 0 N–H and O–H groups in total. The third-order valence-corrected chi connectivity index (χ3v) is 2.84. The molecule has 0 heteroatoms. The molecule has 14 heavy (non-hydrogen) atoms. The summed E-state index contributed by atoms with van der Waals surface area (Å²) in [5, 5.41) is 0. The van der Waals surface area contributed by atoms with Crippen molar-refractivity contribution in [3.8, 4) is 12.3 Å². The minimum Gasteiger partial charge on any atom is -0.115 e. The molecule has 0 bridgehead atoms. The van der Waals surface area contributed by atoms with Crippen LogP contribution in [0.4, 0.5) is 0 Å². The monoisotopic (exact) mass is 186 g/mol. The van der Waals surface area contributed by atoms with E-state index in [2.05, 4.69) is 38.8 Å². The van der Waals surface area contributed by atoms with Gasteiger partial charge in [0.1, 0.15) is 0 Å². The SMILES string of the molecule is C#Cc1ccc(CC)c(C(C)CC)c1. The Morgan fingerprint density at radius 1 is 1.36 bits per heavy atom. The van der Waals surface area contributed by atoms with Crippen LogP contribution >= 0.6 is 0 Å². The van der Waals surface area contributed by atoms with E-state index in [-0.39, 0.29) is 0 Å². The molecule has 1 aromatic rings. The summed E-state index contributed by atoms with van der Waals surface area (Å²) in [5.41, 5.74) is 3.85. The molecule has 0 heterocycles. The van der Waals surface area contributed by atoms with Crippen LogP contribution in [-0.4, -0.2) is 0 Å². The highest BCUT2D eigenvalue weighted by atomic mass is 14.1. The quantitative estimate of drug-likeness (QED) is 0.631. The third-order valence-electron chi connectivity index (χ3n) is 2.84. The Labute approximate surface area is 87.4 Å². The Balaban J connectivity index is 3.16. The summed E-state index contributed by atoms with van der Waals surface area (Å²) in [6.07, 6.45) is 7.66. The standard InChI is InChI=1S/C14H18/c1-5-11(4)14-10-12(6-2)8-9-13(14)7-3/h2,8-11H,5,7H2,1,3-4H3. The Hall–Kier alpha value is -1.22. The summed E-state index contributed by atoms with van der Waals surface area (Å²) in [7, 11) is 0. The first-order valence-electron chi connectivity index (χ1n) is 5.32. The highest BCUT2D eigenvalue weighted by molar-refractivity contribution is 5.41. The summed E-state index contributed by atoms with van der Waals surface area (Å²) in [6, 6.07) is 6.36. The van der Waals surface area contributed by atoms with Gasteiger partial charge in [0.05, 0.1) is 0 Å². The van der Waals surface area contributed by atoms with Gasteiger partial charge in [-0.2, -0.15) is 0 Å². The second-order valence-electron chi connectivity index (χ2n) is 3.72. The summed E-state index contributed by atoms with van der Waals surface area (Å²) < 4.78 is 0. The Kier molecular flexibility index (Phi) is 3.77. The number of rotatable bonds is 3. The largest absolute Gasteiger partial charge is 0.115 e. The molecule has 1 unspecified atom stereocenters. The first-order chi connectivity index (χ1) is 6.72. The topological polar surface area (TPSA) is 0 Å². The first kappa shape index (κ1) is 10.9. The minimum atomic E-state index is 0.609. The van der Waals surface area contributed by atoms with E-state index in [9.17, 15) is 0 Å². The number of hydrogen-bond donors (Lipinski definition) is 0. The van der Waals surface area contributed by atoms with Crippen LogP contribution in [0.25, 0.3) is 0 Å². The summed E-state index contributed by atoms with van der Waals surface area (Å²) in [6.45, 7) is 6.66. The average molecular weight is 186 g/mol. The Morgan fingerprint density at radius 2 is 2.07 bits per heavy atom. The van der Waals surface area contributed by atoms with Gasteiger partial charge in [-0.1, -0.05) is 32.8 Å². The summed E-state index contributed by atoms with van der Waals surface area (Å²) in [4.78, 5) is 0.